The summed E-state index contributed by atoms with van der Waals surface area (Å²) in [4.78, 5) is 37.6. The second-order valence-corrected chi connectivity index (χ2v) is 8.08. The van der Waals surface area contributed by atoms with Crippen molar-refractivity contribution in [2.45, 2.75) is 66.8 Å². The summed E-state index contributed by atoms with van der Waals surface area (Å²) in [5.41, 5.74) is 1.09. The lowest BCUT2D eigenvalue weighted by molar-refractivity contribution is -0.121. The van der Waals surface area contributed by atoms with Gasteiger partial charge in [0, 0.05) is 31.7 Å². The molecule has 0 aliphatic rings. The number of carbonyl (C=O) groups excluding carboxylic acids is 2. The molecule has 164 valence electrons. The normalized spacial score (nSPS) is 12.3. The van der Waals surface area contributed by atoms with E-state index < -0.39 is 0 Å². The fraction of sp³-hybridized carbons (Fsp3) is 0.727. The van der Waals surface area contributed by atoms with Gasteiger partial charge in [-0.2, -0.15) is 0 Å². The third-order valence-electron chi connectivity index (χ3n) is 4.89. The number of rotatable bonds is 13. The standard InChI is InChI=1S/C22H39N5O2/c1-7-26(8-2)12-9-10-18(5)25-21(28)11-13-27(16-17(3)4)22(29)20-15-23-19(6)14-24-20/h14-15,17-18H,7-13,16H2,1-6H3,(H,25,28). The van der Waals surface area contributed by atoms with E-state index in [9.17, 15) is 9.59 Å². The topological polar surface area (TPSA) is 78.4 Å². The first-order chi connectivity index (χ1) is 13.8. The van der Waals surface area contributed by atoms with Gasteiger partial charge in [-0.05, 0) is 52.2 Å². The van der Waals surface area contributed by atoms with Crippen molar-refractivity contribution in [3.8, 4) is 0 Å². The zero-order chi connectivity index (χ0) is 21.8. The number of nitrogens with zero attached hydrogens (tertiary/aromatic N) is 4. The number of amides is 2. The second-order valence-electron chi connectivity index (χ2n) is 8.08. The summed E-state index contributed by atoms with van der Waals surface area (Å²) in [5.74, 6) is 0.113. The molecule has 1 N–H and O–H groups in total. The van der Waals surface area contributed by atoms with Gasteiger partial charge in [-0.1, -0.05) is 27.7 Å². The molecule has 0 aliphatic carbocycles. The highest BCUT2D eigenvalue weighted by molar-refractivity contribution is 5.92. The summed E-state index contributed by atoms with van der Waals surface area (Å²) in [6.45, 7) is 16.5. The largest absolute Gasteiger partial charge is 0.354 e. The van der Waals surface area contributed by atoms with E-state index in [1.165, 1.54) is 6.20 Å². The predicted octanol–water partition coefficient (Wildman–Crippen LogP) is 2.90. The van der Waals surface area contributed by atoms with Crippen LogP contribution in [0.25, 0.3) is 0 Å². The van der Waals surface area contributed by atoms with Gasteiger partial charge in [0.1, 0.15) is 5.69 Å². The van der Waals surface area contributed by atoms with Crippen molar-refractivity contribution in [1.29, 1.82) is 0 Å². The summed E-state index contributed by atoms with van der Waals surface area (Å²) in [5, 5.41) is 3.06. The zero-order valence-corrected chi connectivity index (χ0v) is 19.1. The Morgan fingerprint density at radius 3 is 2.31 bits per heavy atom. The molecule has 1 rings (SSSR count). The molecule has 0 bridgehead atoms. The molecule has 7 nitrogen and oxygen atoms in total. The van der Waals surface area contributed by atoms with E-state index >= 15 is 0 Å². The predicted molar refractivity (Wildman–Crippen MR) is 117 cm³/mol. The molecule has 0 aromatic carbocycles. The van der Waals surface area contributed by atoms with Gasteiger partial charge >= 0.3 is 0 Å². The van der Waals surface area contributed by atoms with E-state index in [4.69, 9.17) is 0 Å². The molecule has 0 fully saturated rings. The summed E-state index contributed by atoms with van der Waals surface area (Å²) in [6.07, 6.45) is 5.40. The lowest BCUT2D eigenvalue weighted by Crippen LogP contribution is -2.39. The molecule has 7 heteroatoms. The molecule has 1 unspecified atom stereocenters. The molecule has 0 radical (unpaired) electrons. The number of carbonyl (C=O) groups is 2. The Hall–Kier alpha value is -2.02. The van der Waals surface area contributed by atoms with Gasteiger partial charge in [0.25, 0.3) is 5.91 Å². The van der Waals surface area contributed by atoms with Gasteiger partial charge in [0.15, 0.2) is 0 Å². The molecule has 0 saturated heterocycles. The van der Waals surface area contributed by atoms with E-state index in [1.54, 1.807) is 11.1 Å². The minimum Gasteiger partial charge on any atom is -0.354 e. The third kappa shape index (κ3) is 9.83. The maximum absolute atomic E-state index is 12.8. The molecule has 1 heterocycles. The molecule has 1 aromatic rings. The van der Waals surface area contributed by atoms with Crippen molar-refractivity contribution in [3.63, 3.8) is 0 Å². The molecular formula is C22H39N5O2. The Bertz CT molecular complexity index is 614. The lowest BCUT2D eigenvalue weighted by Gasteiger charge is -2.24. The Labute approximate surface area is 176 Å². The van der Waals surface area contributed by atoms with Crippen LogP contribution in [0.3, 0.4) is 0 Å². The van der Waals surface area contributed by atoms with Gasteiger partial charge in [0.05, 0.1) is 11.9 Å². The summed E-state index contributed by atoms with van der Waals surface area (Å²) in [6, 6.07) is 0.135. The van der Waals surface area contributed by atoms with Crippen LogP contribution in [-0.4, -0.2) is 70.3 Å². The van der Waals surface area contributed by atoms with Gasteiger partial charge in [-0.15, -0.1) is 0 Å². The number of hydrogen-bond acceptors (Lipinski definition) is 5. The van der Waals surface area contributed by atoms with Crippen molar-refractivity contribution >= 4 is 11.8 Å². The minimum atomic E-state index is -0.175. The van der Waals surface area contributed by atoms with Gasteiger partial charge in [-0.3, -0.25) is 14.6 Å². The minimum absolute atomic E-state index is 0.0168. The Balaban J connectivity index is 2.51. The molecule has 0 spiro atoms. The van der Waals surface area contributed by atoms with Gasteiger partial charge < -0.3 is 15.1 Å². The Kier molecular flexibility index (Phi) is 11.4. The van der Waals surface area contributed by atoms with E-state index in [0.29, 0.717) is 24.7 Å². The molecule has 1 atom stereocenters. The Morgan fingerprint density at radius 2 is 1.76 bits per heavy atom. The summed E-state index contributed by atoms with van der Waals surface area (Å²) < 4.78 is 0. The number of nitrogens with one attached hydrogen (secondary N) is 1. The first kappa shape index (κ1) is 25.0. The summed E-state index contributed by atoms with van der Waals surface area (Å²) in [7, 11) is 0. The zero-order valence-electron chi connectivity index (χ0n) is 19.1. The van der Waals surface area contributed by atoms with Crippen LogP contribution in [0.2, 0.25) is 0 Å². The average molecular weight is 406 g/mol. The van der Waals surface area contributed by atoms with E-state index in [1.807, 2.05) is 13.8 Å². The van der Waals surface area contributed by atoms with E-state index in [2.05, 4.69) is 47.9 Å². The highest BCUT2D eigenvalue weighted by Gasteiger charge is 2.20. The van der Waals surface area contributed by atoms with Gasteiger partial charge in [-0.25, -0.2) is 4.98 Å². The molecule has 29 heavy (non-hydrogen) atoms. The van der Waals surface area contributed by atoms with Crippen LogP contribution in [-0.2, 0) is 4.79 Å². The van der Waals surface area contributed by atoms with E-state index in [0.717, 1.165) is 38.2 Å². The van der Waals surface area contributed by atoms with Crippen molar-refractivity contribution < 1.29 is 9.59 Å². The molecule has 0 saturated carbocycles. The molecule has 0 aliphatic heterocycles. The fourth-order valence-corrected chi connectivity index (χ4v) is 3.20. The Morgan fingerprint density at radius 1 is 1.07 bits per heavy atom. The van der Waals surface area contributed by atoms with Crippen LogP contribution in [0.5, 0.6) is 0 Å². The number of aryl methyl sites for hydroxylation is 1. The first-order valence-corrected chi connectivity index (χ1v) is 10.9. The lowest BCUT2D eigenvalue weighted by atomic mass is 10.1. The van der Waals surface area contributed by atoms with Crippen LogP contribution in [0.1, 0.15) is 70.1 Å². The highest BCUT2D eigenvalue weighted by atomic mass is 16.2. The number of hydrogen-bond donors (Lipinski definition) is 1. The molecular weight excluding hydrogens is 366 g/mol. The van der Waals surface area contributed by atoms with Crippen LogP contribution in [0.4, 0.5) is 0 Å². The number of aromatic nitrogens is 2. The fourth-order valence-electron chi connectivity index (χ4n) is 3.20. The summed E-state index contributed by atoms with van der Waals surface area (Å²) >= 11 is 0. The van der Waals surface area contributed by atoms with Crippen molar-refractivity contribution in [1.82, 2.24) is 25.1 Å². The van der Waals surface area contributed by atoms with Crippen molar-refractivity contribution in [2.75, 3.05) is 32.7 Å². The third-order valence-corrected chi connectivity index (χ3v) is 4.89. The monoisotopic (exact) mass is 405 g/mol. The van der Waals surface area contributed by atoms with Crippen molar-refractivity contribution in [3.05, 3.63) is 23.8 Å². The SMILES string of the molecule is CCN(CC)CCCC(C)NC(=O)CCN(CC(C)C)C(=O)c1cnc(C)cn1. The van der Waals surface area contributed by atoms with Crippen LogP contribution in [0, 0.1) is 12.8 Å². The maximum Gasteiger partial charge on any atom is 0.274 e. The quantitative estimate of drug-likeness (QED) is 0.546. The highest BCUT2D eigenvalue weighted by Crippen LogP contribution is 2.07. The first-order valence-electron chi connectivity index (χ1n) is 10.9. The van der Waals surface area contributed by atoms with Crippen LogP contribution >= 0.6 is 0 Å². The van der Waals surface area contributed by atoms with E-state index in [-0.39, 0.29) is 24.3 Å². The smallest absolute Gasteiger partial charge is 0.274 e. The van der Waals surface area contributed by atoms with Crippen molar-refractivity contribution in [2.24, 2.45) is 5.92 Å². The molecule has 1 aromatic heterocycles. The maximum atomic E-state index is 12.8. The average Bonchev–Trinajstić information content (AvgIpc) is 2.68. The molecule has 2 amide bonds. The second kappa shape index (κ2) is 13.2. The van der Waals surface area contributed by atoms with Gasteiger partial charge in [0.2, 0.25) is 5.91 Å². The van der Waals surface area contributed by atoms with Crippen LogP contribution < -0.4 is 5.32 Å². The van der Waals surface area contributed by atoms with Crippen LogP contribution in [0.15, 0.2) is 12.4 Å².